The summed E-state index contributed by atoms with van der Waals surface area (Å²) in [4.78, 5) is 27.3. The molecule has 0 saturated carbocycles. The second kappa shape index (κ2) is 11.3. The van der Waals surface area contributed by atoms with Crippen LogP contribution in [-0.2, 0) is 37.3 Å². The Balaban J connectivity index is 0.00000272. The minimum atomic E-state index is 0. The quantitative estimate of drug-likeness (QED) is 0.255. The molecule has 0 spiro atoms. The molecular formula is C23H32IN5OS. The van der Waals surface area contributed by atoms with Gasteiger partial charge in [0, 0.05) is 45.0 Å². The Kier molecular flexibility index (Phi) is 8.71. The number of rotatable bonds is 6. The first kappa shape index (κ1) is 24.0. The van der Waals surface area contributed by atoms with Crippen molar-refractivity contribution in [3.63, 3.8) is 0 Å². The first-order chi connectivity index (χ1) is 14.6. The average molecular weight is 554 g/mol. The second-order valence-corrected chi connectivity index (χ2v) is 9.30. The zero-order valence-electron chi connectivity index (χ0n) is 18.4. The minimum Gasteiger partial charge on any atom is -0.356 e. The maximum atomic E-state index is 12.5. The number of carbonyl (C=O) groups excluding carboxylic acids is 1. The average Bonchev–Trinajstić information content (AvgIpc) is 3.37. The van der Waals surface area contributed by atoms with Crippen molar-refractivity contribution >= 4 is 47.2 Å². The second-order valence-electron chi connectivity index (χ2n) is 8.14. The van der Waals surface area contributed by atoms with E-state index in [4.69, 9.17) is 4.98 Å². The fraction of sp³-hybridized carbons (Fsp3) is 0.522. The van der Waals surface area contributed by atoms with Crippen LogP contribution in [0, 0.1) is 0 Å². The van der Waals surface area contributed by atoms with Crippen LogP contribution < -0.4 is 5.32 Å². The summed E-state index contributed by atoms with van der Waals surface area (Å²) in [6, 6.07) is 8.31. The molecule has 0 bridgehead atoms. The number of aliphatic imine (C=N–C) groups is 1. The lowest BCUT2D eigenvalue weighted by Gasteiger charge is -2.21. The van der Waals surface area contributed by atoms with E-state index in [1.54, 1.807) is 7.05 Å². The van der Waals surface area contributed by atoms with E-state index in [0.29, 0.717) is 6.42 Å². The largest absolute Gasteiger partial charge is 0.356 e. The first-order valence-electron chi connectivity index (χ1n) is 10.9. The number of amides is 1. The van der Waals surface area contributed by atoms with Gasteiger partial charge in [0.05, 0.1) is 12.2 Å². The standard InChI is InChI=1S/C23H31N5OS.HI/c1-24-23(27(2)16-21-26-19-10-5-6-11-20(19)30-21)25-13-7-12-22(29)28-14-17-8-3-4-9-18(17)15-28;/h3-4,8-9H,5-7,10-16H2,1-2H3,(H,24,25);1H. The van der Waals surface area contributed by atoms with Gasteiger partial charge in [-0.05, 0) is 43.2 Å². The highest BCUT2D eigenvalue weighted by Gasteiger charge is 2.22. The Hall–Kier alpha value is -1.68. The molecule has 4 rings (SSSR count). The number of halogens is 1. The Morgan fingerprint density at radius 2 is 1.94 bits per heavy atom. The van der Waals surface area contributed by atoms with Crippen LogP contribution >= 0.6 is 35.3 Å². The van der Waals surface area contributed by atoms with Gasteiger partial charge in [0.15, 0.2) is 5.96 Å². The third-order valence-corrected chi connectivity index (χ3v) is 7.02. The van der Waals surface area contributed by atoms with Crippen molar-refractivity contribution in [2.24, 2.45) is 4.99 Å². The number of carbonyl (C=O) groups is 1. The lowest BCUT2D eigenvalue weighted by molar-refractivity contribution is -0.131. The number of nitrogens with one attached hydrogen (secondary N) is 1. The van der Waals surface area contributed by atoms with Crippen molar-refractivity contribution in [1.82, 2.24) is 20.1 Å². The van der Waals surface area contributed by atoms with Crippen LogP contribution in [0.2, 0.25) is 0 Å². The number of hydrogen-bond donors (Lipinski definition) is 1. The summed E-state index contributed by atoms with van der Waals surface area (Å²) in [5.41, 5.74) is 3.85. The van der Waals surface area contributed by atoms with Gasteiger partial charge in [-0.25, -0.2) is 4.98 Å². The number of aryl methyl sites for hydroxylation is 2. The maximum absolute atomic E-state index is 12.5. The lowest BCUT2D eigenvalue weighted by atomic mass is 10.0. The number of nitrogens with zero attached hydrogens (tertiary/aromatic N) is 4. The van der Waals surface area contributed by atoms with Crippen molar-refractivity contribution in [2.45, 2.75) is 58.2 Å². The Morgan fingerprint density at radius 1 is 1.23 bits per heavy atom. The predicted molar refractivity (Wildman–Crippen MR) is 137 cm³/mol. The van der Waals surface area contributed by atoms with E-state index in [-0.39, 0.29) is 29.9 Å². The highest BCUT2D eigenvalue weighted by atomic mass is 127. The molecule has 0 fully saturated rings. The molecule has 0 unspecified atom stereocenters. The number of aromatic nitrogens is 1. The van der Waals surface area contributed by atoms with Gasteiger partial charge < -0.3 is 15.1 Å². The molecule has 31 heavy (non-hydrogen) atoms. The molecule has 2 aliphatic rings. The molecule has 2 heterocycles. The molecule has 1 aliphatic heterocycles. The predicted octanol–water partition coefficient (Wildman–Crippen LogP) is 3.97. The third kappa shape index (κ3) is 5.97. The summed E-state index contributed by atoms with van der Waals surface area (Å²) in [6.07, 6.45) is 6.21. The van der Waals surface area contributed by atoms with Gasteiger partial charge in [-0.1, -0.05) is 24.3 Å². The summed E-state index contributed by atoms with van der Waals surface area (Å²) in [6.45, 7) is 2.98. The van der Waals surface area contributed by atoms with Gasteiger partial charge in [-0.15, -0.1) is 35.3 Å². The van der Waals surface area contributed by atoms with Crippen molar-refractivity contribution in [1.29, 1.82) is 0 Å². The summed E-state index contributed by atoms with van der Waals surface area (Å²) in [5, 5.41) is 4.56. The van der Waals surface area contributed by atoms with Crippen LogP contribution in [0.1, 0.15) is 52.4 Å². The number of fused-ring (bicyclic) bond motifs is 2. The molecule has 0 radical (unpaired) electrons. The van der Waals surface area contributed by atoms with Crippen molar-refractivity contribution in [3.8, 4) is 0 Å². The summed E-state index contributed by atoms with van der Waals surface area (Å²) in [7, 11) is 3.85. The van der Waals surface area contributed by atoms with Gasteiger partial charge in [0.1, 0.15) is 5.01 Å². The topological polar surface area (TPSA) is 60.8 Å². The summed E-state index contributed by atoms with van der Waals surface area (Å²) < 4.78 is 0. The van der Waals surface area contributed by atoms with Crippen molar-refractivity contribution in [2.75, 3.05) is 20.6 Å². The summed E-state index contributed by atoms with van der Waals surface area (Å²) in [5.74, 6) is 1.08. The third-order valence-electron chi connectivity index (χ3n) is 5.88. The highest BCUT2D eigenvalue weighted by Crippen LogP contribution is 2.27. The van der Waals surface area contributed by atoms with E-state index >= 15 is 0 Å². The fourth-order valence-electron chi connectivity index (χ4n) is 4.24. The van der Waals surface area contributed by atoms with Crippen molar-refractivity contribution < 1.29 is 4.79 Å². The number of benzene rings is 1. The van der Waals surface area contributed by atoms with Gasteiger partial charge in [-0.3, -0.25) is 9.79 Å². The molecule has 1 aromatic heterocycles. The molecule has 8 heteroatoms. The minimum absolute atomic E-state index is 0. The first-order valence-corrected chi connectivity index (χ1v) is 11.7. The van der Waals surface area contributed by atoms with E-state index in [2.05, 4.69) is 27.3 Å². The van der Waals surface area contributed by atoms with E-state index in [9.17, 15) is 4.79 Å². The van der Waals surface area contributed by atoms with Crippen LogP contribution in [0.3, 0.4) is 0 Å². The van der Waals surface area contributed by atoms with E-state index in [1.165, 1.54) is 41.0 Å². The molecule has 1 amide bonds. The molecule has 1 aromatic carbocycles. The van der Waals surface area contributed by atoms with E-state index in [1.807, 2.05) is 35.4 Å². The smallest absolute Gasteiger partial charge is 0.223 e. The van der Waals surface area contributed by atoms with Crippen LogP contribution in [0.4, 0.5) is 0 Å². The molecule has 6 nitrogen and oxygen atoms in total. The van der Waals surface area contributed by atoms with Gasteiger partial charge in [0.25, 0.3) is 0 Å². The van der Waals surface area contributed by atoms with Gasteiger partial charge >= 0.3 is 0 Å². The van der Waals surface area contributed by atoms with Crippen LogP contribution in [0.5, 0.6) is 0 Å². The van der Waals surface area contributed by atoms with Crippen molar-refractivity contribution in [3.05, 3.63) is 51.0 Å². The van der Waals surface area contributed by atoms with E-state index < -0.39 is 0 Å². The number of thiazole rings is 1. The van der Waals surface area contributed by atoms with E-state index in [0.717, 1.165) is 50.0 Å². The van der Waals surface area contributed by atoms with Crippen LogP contribution in [0.25, 0.3) is 0 Å². The molecule has 1 N–H and O–H groups in total. The van der Waals surface area contributed by atoms with Gasteiger partial charge in [-0.2, -0.15) is 0 Å². The molecule has 0 atom stereocenters. The Morgan fingerprint density at radius 3 is 2.61 bits per heavy atom. The number of guanidine groups is 1. The van der Waals surface area contributed by atoms with Crippen LogP contribution in [0.15, 0.2) is 29.3 Å². The maximum Gasteiger partial charge on any atom is 0.223 e. The monoisotopic (exact) mass is 553 g/mol. The molecule has 0 saturated heterocycles. The zero-order valence-corrected chi connectivity index (χ0v) is 21.5. The highest BCUT2D eigenvalue weighted by molar-refractivity contribution is 14.0. The SMILES string of the molecule is CN=C(NCCCC(=O)N1Cc2ccccc2C1)N(C)Cc1nc2c(s1)CCCC2.I. The molecular weight excluding hydrogens is 521 g/mol. The molecule has 168 valence electrons. The Bertz CT molecular complexity index is 880. The fourth-order valence-corrected chi connectivity index (χ4v) is 5.45. The van der Waals surface area contributed by atoms with Gasteiger partial charge in [0.2, 0.25) is 5.91 Å². The Labute approximate surface area is 206 Å². The summed E-state index contributed by atoms with van der Waals surface area (Å²) >= 11 is 1.85. The molecule has 2 aromatic rings. The lowest BCUT2D eigenvalue weighted by Crippen LogP contribution is -2.39. The van der Waals surface area contributed by atoms with Crippen LogP contribution in [-0.4, -0.2) is 47.3 Å². The normalized spacial score (nSPS) is 15.2. The molecule has 1 aliphatic carbocycles. The zero-order chi connectivity index (χ0) is 20.9. The number of hydrogen-bond acceptors (Lipinski definition) is 4.